The summed E-state index contributed by atoms with van der Waals surface area (Å²) in [5.74, 6) is 1.61. The van der Waals surface area contributed by atoms with Crippen LogP contribution in [0.2, 0.25) is 0 Å². The van der Waals surface area contributed by atoms with Crippen molar-refractivity contribution < 1.29 is 9.47 Å². The minimum absolute atomic E-state index is 0.283. The summed E-state index contributed by atoms with van der Waals surface area (Å²) in [5, 5.41) is 0. The Labute approximate surface area is 86.4 Å². The molecule has 2 aliphatic rings. The second-order valence-electron chi connectivity index (χ2n) is 4.39. The topological polar surface area (TPSA) is 21.7 Å². The molecule has 3 nitrogen and oxygen atoms in total. The Morgan fingerprint density at radius 3 is 2.93 bits per heavy atom. The van der Waals surface area contributed by atoms with E-state index in [1.807, 2.05) is 0 Å². The smallest absolute Gasteiger partial charge is 0.107 e. The van der Waals surface area contributed by atoms with Crippen molar-refractivity contribution in [3.05, 3.63) is 0 Å². The van der Waals surface area contributed by atoms with Crippen molar-refractivity contribution in [2.75, 3.05) is 32.9 Å². The number of nitrogens with zero attached hydrogens (tertiary/aromatic N) is 1. The summed E-state index contributed by atoms with van der Waals surface area (Å²) < 4.78 is 11.1. The summed E-state index contributed by atoms with van der Waals surface area (Å²) in [4.78, 5) is 2.45. The van der Waals surface area contributed by atoms with Crippen LogP contribution >= 0.6 is 0 Å². The highest BCUT2D eigenvalue weighted by Crippen LogP contribution is 2.30. The van der Waals surface area contributed by atoms with Gasteiger partial charge in [-0.3, -0.25) is 4.90 Å². The highest BCUT2D eigenvalue weighted by molar-refractivity contribution is 4.86. The SMILES string of the molecule is CCOC(C)N1CC2CCOCC2C1. The second-order valence-corrected chi connectivity index (χ2v) is 4.39. The maximum atomic E-state index is 5.62. The maximum Gasteiger partial charge on any atom is 0.107 e. The van der Waals surface area contributed by atoms with Crippen LogP contribution in [-0.2, 0) is 9.47 Å². The van der Waals surface area contributed by atoms with E-state index in [0.29, 0.717) is 0 Å². The Hall–Kier alpha value is -0.120. The van der Waals surface area contributed by atoms with Crippen LogP contribution in [0, 0.1) is 11.8 Å². The summed E-state index contributed by atoms with van der Waals surface area (Å²) >= 11 is 0. The minimum Gasteiger partial charge on any atom is -0.381 e. The predicted molar refractivity (Wildman–Crippen MR) is 55.1 cm³/mol. The molecular formula is C11H21NO2. The molecule has 2 saturated heterocycles. The van der Waals surface area contributed by atoms with E-state index in [-0.39, 0.29) is 6.23 Å². The van der Waals surface area contributed by atoms with Gasteiger partial charge in [-0.25, -0.2) is 0 Å². The molecule has 2 rings (SSSR count). The van der Waals surface area contributed by atoms with E-state index in [2.05, 4.69) is 18.7 Å². The molecule has 0 spiro atoms. The Balaban J connectivity index is 1.86. The van der Waals surface area contributed by atoms with Gasteiger partial charge in [-0.05, 0) is 32.1 Å². The lowest BCUT2D eigenvalue weighted by Crippen LogP contribution is -2.33. The Kier molecular flexibility index (Phi) is 3.42. The second kappa shape index (κ2) is 4.60. The van der Waals surface area contributed by atoms with Crippen molar-refractivity contribution in [2.45, 2.75) is 26.5 Å². The van der Waals surface area contributed by atoms with E-state index < -0.39 is 0 Å². The largest absolute Gasteiger partial charge is 0.381 e. The van der Waals surface area contributed by atoms with Crippen LogP contribution in [-0.4, -0.2) is 44.0 Å². The molecule has 0 saturated carbocycles. The fraction of sp³-hybridized carbons (Fsp3) is 1.00. The number of ether oxygens (including phenoxy) is 2. The minimum atomic E-state index is 0.283. The zero-order valence-corrected chi connectivity index (χ0v) is 9.24. The summed E-state index contributed by atoms with van der Waals surface area (Å²) in [6.45, 7) is 9.30. The van der Waals surface area contributed by atoms with Crippen molar-refractivity contribution >= 4 is 0 Å². The summed E-state index contributed by atoms with van der Waals surface area (Å²) in [6.07, 6.45) is 1.52. The number of likely N-dealkylation sites (tertiary alicyclic amines) is 1. The standard InChI is InChI=1S/C11H21NO2/c1-3-14-9(2)12-6-10-4-5-13-8-11(10)7-12/h9-11H,3-8H2,1-2H3. The number of rotatable bonds is 3. The van der Waals surface area contributed by atoms with Gasteiger partial charge >= 0.3 is 0 Å². The highest BCUT2D eigenvalue weighted by atomic mass is 16.5. The van der Waals surface area contributed by atoms with E-state index in [1.54, 1.807) is 0 Å². The third-order valence-corrected chi connectivity index (χ3v) is 3.49. The lowest BCUT2D eigenvalue weighted by atomic mass is 9.92. The van der Waals surface area contributed by atoms with Crippen LogP contribution in [0.3, 0.4) is 0 Å². The summed E-state index contributed by atoms with van der Waals surface area (Å²) in [6, 6.07) is 0. The normalized spacial score (nSPS) is 35.6. The molecule has 3 unspecified atom stereocenters. The van der Waals surface area contributed by atoms with Crippen molar-refractivity contribution in [2.24, 2.45) is 11.8 Å². The third-order valence-electron chi connectivity index (χ3n) is 3.49. The average molecular weight is 199 g/mol. The molecule has 0 N–H and O–H groups in total. The van der Waals surface area contributed by atoms with Crippen molar-refractivity contribution in [3.63, 3.8) is 0 Å². The fourth-order valence-corrected chi connectivity index (χ4v) is 2.60. The van der Waals surface area contributed by atoms with Gasteiger partial charge in [-0.2, -0.15) is 0 Å². The lowest BCUT2D eigenvalue weighted by Gasteiger charge is -2.23. The molecule has 0 radical (unpaired) electrons. The third kappa shape index (κ3) is 2.10. The predicted octanol–water partition coefficient (Wildman–Crippen LogP) is 1.34. The number of hydrogen-bond acceptors (Lipinski definition) is 3. The Morgan fingerprint density at radius 1 is 1.43 bits per heavy atom. The zero-order valence-electron chi connectivity index (χ0n) is 9.24. The average Bonchev–Trinajstić information content (AvgIpc) is 2.61. The highest BCUT2D eigenvalue weighted by Gasteiger charge is 2.36. The number of fused-ring (bicyclic) bond motifs is 1. The first-order chi connectivity index (χ1) is 6.81. The summed E-state index contributed by atoms with van der Waals surface area (Å²) in [5.41, 5.74) is 0. The molecule has 2 fully saturated rings. The van der Waals surface area contributed by atoms with Gasteiger partial charge in [0.25, 0.3) is 0 Å². The van der Waals surface area contributed by atoms with E-state index in [1.165, 1.54) is 13.0 Å². The van der Waals surface area contributed by atoms with E-state index in [4.69, 9.17) is 9.47 Å². The molecule has 3 atom stereocenters. The van der Waals surface area contributed by atoms with Gasteiger partial charge in [0.15, 0.2) is 0 Å². The van der Waals surface area contributed by atoms with Gasteiger partial charge in [0, 0.05) is 26.3 Å². The quantitative estimate of drug-likeness (QED) is 0.684. The van der Waals surface area contributed by atoms with Crippen LogP contribution in [0.5, 0.6) is 0 Å². The van der Waals surface area contributed by atoms with Crippen LogP contribution in [0.1, 0.15) is 20.3 Å². The zero-order chi connectivity index (χ0) is 9.97. The van der Waals surface area contributed by atoms with E-state index >= 15 is 0 Å². The van der Waals surface area contributed by atoms with E-state index in [0.717, 1.165) is 38.2 Å². The van der Waals surface area contributed by atoms with Crippen LogP contribution in [0.15, 0.2) is 0 Å². The molecule has 0 aromatic heterocycles. The van der Waals surface area contributed by atoms with Crippen molar-refractivity contribution in [3.8, 4) is 0 Å². The van der Waals surface area contributed by atoms with Crippen LogP contribution in [0.4, 0.5) is 0 Å². The molecule has 2 heterocycles. The molecule has 3 heteroatoms. The Morgan fingerprint density at radius 2 is 2.21 bits per heavy atom. The molecule has 0 amide bonds. The molecule has 0 aromatic rings. The Bertz CT molecular complexity index is 172. The van der Waals surface area contributed by atoms with Crippen LogP contribution < -0.4 is 0 Å². The van der Waals surface area contributed by atoms with Gasteiger partial charge in [-0.15, -0.1) is 0 Å². The molecule has 0 bridgehead atoms. The lowest BCUT2D eigenvalue weighted by molar-refractivity contribution is -0.0333. The van der Waals surface area contributed by atoms with Gasteiger partial charge in [0.2, 0.25) is 0 Å². The molecule has 82 valence electrons. The van der Waals surface area contributed by atoms with Crippen LogP contribution in [0.25, 0.3) is 0 Å². The van der Waals surface area contributed by atoms with Gasteiger partial charge < -0.3 is 9.47 Å². The van der Waals surface area contributed by atoms with Crippen molar-refractivity contribution in [1.82, 2.24) is 4.90 Å². The first-order valence-electron chi connectivity index (χ1n) is 5.74. The summed E-state index contributed by atoms with van der Waals surface area (Å²) in [7, 11) is 0. The number of hydrogen-bond donors (Lipinski definition) is 0. The molecule has 2 aliphatic heterocycles. The fourth-order valence-electron chi connectivity index (χ4n) is 2.60. The van der Waals surface area contributed by atoms with Gasteiger partial charge in [0.1, 0.15) is 6.23 Å². The molecule has 0 aliphatic carbocycles. The van der Waals surface area contributed by atoms with E-state index in [9.17, 15) is 0 Å². The van der Waals surface area contributed by atoms with Gasteiger partial charge in [0.05, 0.1) is 6.61 Å². The first kappa shape index (κ1) is 10.4. The first-order valence-corrected chi connectivity index (χ1v) is 5.74. The van der Waals surface area contributed by atoms with Crippen molar-refractivity contribution in [1.29, 1.82) is 0 Å². The maximum absolute atomic E-state index is 5.62. The molecular weight excluding hydrogens is 178 g/mol. The van der Waals surface area contributed by atoms with Gasteiger partial charge in [-0.1, -0.05) is 0 Å². The molecule has 0 aromatic carbocycles. The monoisotopic (exact) mass is 199 g/mol. The molecule has 14 heavy (non-hydrogen) atoms.